The Bertz CT molecular complexity index is 1360. The SMILES string of the molecule is c1cncc(CN2CCN(c3cc(-c4cccc5ccccc45)nc4ccnn34)CC2)c1. The van der Waals surface area contributed by atoms with E-state index >= 15 is 0 Å². The monoisotopic (exact) mass is 420 g/mol. The Kier molecular flexibility index (Phi) is 4.77. The molecule has 0 atom stereocenters. The number of hydrogen-bond donors (Lipinski definition) is 0. The van der Waals surface area contributed by atoms with Crippen LogP contribution in [-0.4, -0.2) is 50.7 Å². The van der Waals surface area contributed by atoms with Gasteiger partial charge in [0.2, 0.25) is 0 Å². The molecule has 0 amide bonds. The highest BCUT2D eigenvalue weighted by atomic mass is 15.4. The van der Waals surface area contributed by atoms with E-state index in [9.17, 15) is 0 Å². The zero-order valence-corrected chi connectivity index (χ0v) is 17.8. The van der Waals surface area contributed by atoms with Gasteiger partial charge in [0, 0.05) is 62.8 Å². The third-order valence-electron chi connectivity index (χ3n) is 6.23. The molecular weight excluding hydrogens is 396 g/mol. The number of benzene rings is 2. The molecule has 32 heavy (non-hydrogen) atoms. The van der Waals surface area contributed by atoms with Crippen LogP contribution in [0.25, 0.3) is 27.7 Å². The number of pyridine rings is 1. The Hall–Kier alpha value is -3.77. The van der Waals surface area contributed by atoms with E-state index in [0.717, 1.165) is 55.4 Å². The molecule has 0 unspecified atom stereocenters. The molecule has 6 rings (SSSR count). The van der Waals surface area contributed by atoms with Crippen LogP contribution in [0.15, 0.2) is 85.3 Å². The van der Waals surface area contributed by atoms with Crippen molar-refractivity contribution >= 4 is 22.2 Å². The summed E-state index contributed by atoms with van der Waals surface area (Å²) in [5, 5.41) is 7.02. The minimum Gasteiger partial charge on any atom is -0.354 e. The highest BCUT2D eigenvalue weighted by molar-refractivity contribution is 5.96. The molecule has 0 bridgehead atoms. The van der Waals surface area contributed by atoms with Gasteiger partial charge in [0.25, 0.3) is 0 Å². The third-order valence-corrected chi connectivity index (χ3v) is 6.23. The highest BCUT2D eigenvalue weighted by Crippen LogP contribution is 2.30. The summed E-state index contributed by atoms with van der Waals surface area (Å²) in [4.78, 5) is 14.1. The van der Waals surface area contributed by atoms with Crippen molar-refractivity contribution in [2.45, 2.75) is 6.54 Å². The first-order chi connectivity index (χ1) is 15.8. The van der Waals surface area contributed by atoms with Gasteiger partial charge in [-0.05, 0) is 22.4 Å². The van der Waals surface area contributed by atoms with E-state index in [1.807, 2.05) is 35.2 Å². The summed E-state index contributed by atoms with van der Waals surface area (Å²) in [6.07, 6.45) is 5.62. The fourth-order valence-corrected chi connectivity index (χ4v) is 4.59. The Morgan fingerprint density at radius 1 is 0.812 bits per heavy atom. The van der Waals surface area contributed by atoms with Crippen LogP contribution in [-0.2, 0) is 6.54 Å². The van der Waals surface area contributed by atoms with Gasteiger partial charge in [-0.15, -0.1) is 0 Å². The number of rotatable bonds is 4. The van der Waals surface area contributed by atoms with Gasteiger partial charge in [-0.25, -0.2) is 4.98 Å². The fourth-order valence-electron chi connectivity index (χ4n) is 4.59. The molecule has 1 aliphatic heterocycles. The molecule has 6 heteroatoms. The van der Waals surface area contributed by atoms with Gasteiger partial charge in [0.1, 0.15) is 5.82 Å². The number of hydrogen-bond acceptors (Lipinski definition) is 5. The van der Waals surface area contributed by atoms with E-state index in [-0.39, 0.29) is 0 Å². The minimum absolute atomic E-state index is 0.878. The van der Waals surface area contributed by atoms with Crippen LogP contribution in [0, 0.1) is 0 Å². The summed E-state index contributed by atoms with van der Waals surface area (Å²) in [7, 11) is 0. The van der Waals surface area contributed by atoms with Gasteiger partial charge in [0.05, 0.1) is 11.9 Å². The normalized spacial score (nSPS) is 14.9. The van der Waals surface area contributed by atoms with E-state index in [1.54, 1.807) is 0 Å². The van der Waals surface area contributed by atoms with Crippen molar-refractivity contribution in [2.75, 3.05) is 31.1 Å². The van der Waals surface area contributed by atoms with Crippen LogP contribution in [0.1, 0.15) is 5.56 Å². The summed E-state index contributed by atoms with van der Waals surface area (Å²) in [5.74, 6) is 1.10. The van der Waals surface area contributed by atoms with E-state index in [0.29, 0.717) is 0 Å². The van der Waals surface area contributed by atoms with Crippen LogP contribution in [0.2, 0.25) is 0 Å². The summed E-state index contributed by atoms with van der Waals surface area (Å²) >= 11 is 0. The minimum atomic E-state index is 0.878. The summed E-state index contributed by atoms with van der Waals surface area (Å²) in [6.45, 7) is 4.85. The summed E-state index contributed by atoms with van der Waals surface area (Å²) in [6, 6.07) is 23.2. The number of aromatic nitrogens is 4. The van der Waals surface area contributed by atoms with Crippen LogP contribution >= 0.6 is 0 Å². The Morgan fingerprint density at radius 3 is 2.56 bits per heavy atom. The smallest absolute Gasteiger partial charge is 0.157 e. The predicted octanol–water partition coefficient (Wildman–Crippen LogP) is 4.27. The third kappa shape index (κ3) is 3.48. The highest BCUT2D eigenvalue weighted by Gasteiger charge is 2.21. The molecule has 1 saturated heterocycles. The van der Waals surface area contributed by atoms with E-state index in [1.165, 1.54) is 16.3 Å². The second-order valence-electron chi connectivity index (χ2n) is 8.25. The maximum absolute atomic E-state index is 4.94. The maximum atomic E-state index is 4.94. The summed E-state index contributed by atoms with van der Waals surface area (Å²) < 4.78 is 1.96. The van der Waals surface area contributed by atoms with Gasteiger partial charge in [0.15, 0.2) is 5.65 Å². The first-order valence-electron chi connectivity index (χ1n) is 11.0. The molecule has 0 saturated carbocycles. The van der Waals surface area contributed by atoms with Crippen molar-refractivity contribution in [3.05, 3.63) is 90.9 Å². The first-order valence-corrected chi connectivity index (χ1v) is 11.0. The molecule has 6 nitrogen and oxygen atoms in total. The van der Waals surface area contributed by atoms with Crippen LogP contribution in [0.3, 0.4) is 0 Å². The van der Waals surface area contributed by atoms with Crippen LogP contribution < -0.4 is 4.90 Å². The topological polar surface area (TPSA) is 49.6 Å². The van der Waals surface area contributed by atoms with Gasteiger partial charge in [-0.3, -0.25) is 9.88 Å². The first kappa shape index (κ1) is 19.0. The summed E-state index contributed by atoms with van der Waals surface area (Å²) in [5.41, 5.74) is 4.28. The molecule has 0 radical (unpaired) electrons. The molecule has 2 aromatic carbocycles. The second kappa shape index (κ2) is 8.05. The van der Waals surface area contributed by atoms with Crippen LogP contribution in [0.4, 0.5) is 5.82 Å². The second-order valence-corrected chi connectivity index (χ2v) is 8.25. The quantitative estimate of drug-likeness (QED) is 0.435. The molecule has 158 valence electrons. The number of nitrogens with zero attached hydrogens (tertiary/aromatic N) is 6. The average molecular weight is 421 g/mol. The Balaban J connectivity index is 1.32. The van der Waals surface area contributed by atoms with Gasteiger partial charge in [-0.1, -0.05) is 48.5 Å². The number of piperazine rings is 1. The predicted molar refractivity (Wildman–Crippen MR) is 128 cm³/mol. The molecule has 5 aromatic rings. The maximum Gasteiger partial charge on any atom is 0.157 e. The zero-order chi connectivity index (χ0) is 21.3. The van der Waals surface area contributed by atoms with Crippen molar-refractivity contribution < 1.29 is 0 Å². The molecule has 0 aliphatic carbocycles. The molecule has 1 fully saturated rings. The van der Waals surface area contributed by atoms with E-state index in [2.05, 4.69) is 74.5 Å². The van der Waals surface area contributed by atoms with E-state index < -0.39 is 0 Å². The van der Waals surface area contributed by atoms with Crippen molar-refractivity contribution in [1.82, 2.24) is 24.5 Å². The Morgan fingerprint density at radius 2 is 1.69 bits per heavy atom. The number of anilines is 1. The zero-order valence-electron chi connectivity index (χ0n) is 17.8. The average Bonchev–Trinajstić information content (AvgIpc) is 3.33. The standard InChI is InChI=1S/C26H24N6/c1-2-8-22-21(6-1)7-3-9-23(22)24-17-26(32-25(29-24)10-12-28-32)31-15-13-30(14-16-31)19-20-5-4-11-27-18-20/h1-12,17-18H,13-16,19H2. The number of fused-ring (bicyclic) bond motifs is 2. The molecule has 0 spiro atoms. The largest absolute Gasteiger partial charge is 0.354 e. The van der Waals surface area contributed by atoms with Crippen molar-refractivity contribution in [3.63, 3.8) is 0 Å². The van der Waals surface area contributed by atoms with Crippen molar-refractivity contribution in [2.24, 2.45) is 0 Å². The van der Waals surface area contributed by atoms with E-state index in [4.69, 9.17) is 4.98 Å². The lowest BCUT2D eigenvalue weighted by Gasteiger charge is -2.36. The molecule has 1 aliphatic rings. The molecular formula is C26H24N6. The Labute approximate surface area is 186 Å². The fraction of sp³-hybridized carbons (Fsp3) is 0.192. The molecule has 4 heterocycles. The van der Waals surface area contributed by atoms with Crippen molar-refractivity contribution in [1.29, 1.82) is 0 Å². The van der Waals surface area contributed by atoms with Gasteiger partial charge < -0.3 is 4.90 Å². The lowest BCUT2D eigenvalue weighted by molar-refractivity contribution is 0.248. The van der Waals surface area contributed by atoms with Crippen LogP contribution in [0.5, 0.6) is 0 Å². The molecule has 0 N–H and O–H groups in total. The van der Waals surface area contributed by atoms with Crippen molar-refractivity contribution in [3.8, 4) is 11.3 Å². The van der Waals surface area contributed by atoms with Gasteiger partial charge >= 0.3 is 0 Å². The van der Waals surface area contributed by atoms with Gasteiger partial charge in [-0.2, -0.15) is 9.61 Å². The lowest BCUT2D eigenvalue weighted by atomic mass is 10.0. The lowest BCUT2D eigenvalue weighted by Crippen LogP contribution is -2.46. The molecule has 3 aromatic heterocycles.